The summed E-state index contributed by atoms with van der Waals surface area (Å²) in [5.74, 6) is -1.73. The molecule has 106 heavy (non-hydrogen) atoms. The average molecular weight is 1560 g/mol. The minimum Gasteiger partial charge on any atom is -0.394 e. The standard InChI is InChI=1S/C58H98N2O46/c1-12(68)59-23-32(77)44(19(8-66)92-50(23)89)101-51-24(60-13(2)69)33(78)45(20(9-67)98-51)102-55-42(87)47(104-56-43(88)46(103-53-40(85)35(80)26(71)15(4-62)94-53)30(75)21(100-56)10-90-52-39(84)34(79)25(70)14(3-61)93-52)31(76)22(99-55)11-91-57-48(37(82)28(73)17(6-64)96-57)106-58-49(38(83)29(74)18(7-65)97-58)105-54-41(86)36(81)27(72)16(5-63)95-54/h14-58,61-67,70-89H,3-11H2,1-2H3,(H,59,68)(H,60,69)/t14-,15-,16-,17-,18-,19-,20-,21-,22-,23-,24-,25-,26-,27-,28-,29-,30-,31-,32-,33-,34+,35+,36+,37+,38+,39+,40+,41+,42+,43+,44-,45-,46+,47+,48+,49+,50?,51+,52+,53-,54-,55+,56-,57+,58-/m1/s1. The molecule has 0 spiro atoms. The average Bonchev–Trinajstić information content (AvgIpc) is 0.770. The molecule has 616 valence electrons. The molecule has 2 amide bonds. The van der Waals surface area contributed by atoms with E-state index in [0.717, 1.165) is 13.8 Å². The fraction of sp³-hybridized carbons (Fsp3) is 0.966. The highest BCUT2D eigenvalue weighted by Gasteiger charge is 2.60. The summed E-state index contributed by atoms with van der Waals surface area (Å²) in [6.45, 7) is -7.74. The van der Waals surface area contributed by atoms with Gasteiger partial charge in [-0.1, -0.05) is 0 Å². The molecule has 0 saturated carbocycles. The van der Waals surface area contributed by atoms with Gasteiger partial charge in [-0.15, -0.1) is 0 Å². The number of carbonyl (C=O) groups excluding carboxylic acids is 2. The van der Waals surface area contributed by atoms with Crippen LogP contribution in [0.4, 0.5) is 0 Å². The van der Waals surface area contributed by atoms with Crippen LogP contribution in [0, 0.1) is 0 Å². The van der Waals surface area contributed by atoms with Gasteiger partial charge in [0.15, 0.2) is 56.6 Å². The number of carbonyl (C=O) groups is 2. The molecule has 29 N–H and O–H groups in total. The van der Waals surface area contributed by atoms with Crippen molar-refractivity contribution in [2.45, 2.75) is 290 Å². The molecule has 0 aromatic heterocycles. The quantitative estimate of drug-likeness (QED) is 0.0363. The maximum atomic E-state index is 12.9. The topological polar surface area (TPSA) is 761 Å². The predicted octanol–water partition coefficient (Wildman–Crippen LogP) is -20.3. The van der Waals surface area contributed by atoms with Crippen LogP contribution in [-0.4, -0.2) is 485 Å². The summed E-state index contributed by atoms with van der Waals surface area (Å²) in [5.41, 5.74) is 0. The van der Waals surface area contributed by atoms with Crippen molar-refractivity contribution in [1.82, 2.24) is 10.6 Å². The summed E-state index contributed by atoms with van der Waals surface area (Å²) in [6.07, 6.45) is -90.8. The maximum absolute atomic E-state index is 12.9. The Bertz CT molecular complexity index is 2710. The van der Waals surface area contributed by atoms with Gasteiger partial charge in [0.2, 0.25) is 11.8 Å². The van der Waals surface area contributed by atoms with Crippen LogP contribution < -0.4 is 10.6 Å². The molecule has 0 aromatic rings. The summed E-state index contributed by atoms with van der Waals surface area (Å²) < 4.78 is 98.9. The van der Waals surface area contributed by atoms with Gasteiger partial charge >= 0.3 is 0 Å². The Labute approximate surface area is 598 Å². The highest BCUT2D eigenvalue weighted by molar-refractivity contribution is 5.73. The van der Waals surface area contributed by atoms with Crippen LogP contribution in [-0.2, 0) is 90.1 Å². The van der Waals surface area contributed by atoms with E-state index in [9.17, 15) is 147 Å². The van der Waals surface area contributed by atoms with E-state index in [1.807, 2.05) is 0 Å². The monoisotopic (exact) mass is 1560 g/mol. The molecule has 9 fully saturated rings. The van der Waals surface area contributed by atoms with E-state index in [1.165, 1.54) is 0 Å². The number of amides is 2. The second-order valence-electron chi connectivity index (χ2n) is 26.7. The number of nitrogens with one attached hydrogen (secondary N) is 2. The second kappa shape index (κ2) is 37.9. The van der Waals surface area contributed by atoms with E-state index < -0.39 is 348 Å². The zero-order chi connectivity index (χ0) is 77.9. The van der Waals surface area contributed by atoms with E-state index in [-0.39, 0.29) is 0 Å². The largest absolute Gasteiger partial charge is 0.394 e. The highest BCUT2D eigenvalue weighted by atomic mass is 16.8. The first-order valence-corrected chi connectivity index (χ1v) is 33.7. The summed E-state index contributed by atoms with van der Waals surface area (Å²) in [5, 5.41) is 301. The third kappa shape index (κ3) is 18.7. The van der Waals surface area contributed by atoms with Gasteiger partial charge in [0.1, 0.15) is 220 Å². The molecule has 48 nitrogen and oxygen atoms in total. The van der Waals surface area contributed by atoms with Crippen molar-refractivity contribution in [3.05, 3.63) is 0 Å². The lowest BCUT2D eigenvalue weighted by atomic mass is 9.94. The Hall–Kier alpha value is -2.82. The SMILES string of the molecule is CC(=O)N[C@H]1[C@H](O[C@H]2[C@H](O)[C@@H](NC(C)=O)C(O)O[C@@H]2CO)O[C@H](CO)[C@@H](O[C@@H]2O[C@H](CO[C@H]3O[C@H](CO)[C@@H](O)[C@H](O)[C@@H]3O[C@H]3O[C@H](CO)[C@@H](O)[C@H](O)[C@@H]3O[C@H]3O[C@H](CO)[C@@H](O)[C@H](O)[C@@H]3O)[C@@H](O)[C@H](O[C@H]3O[C@H](CO[C@H]4O[C@H](CO)[C@@H](O)[C@H](O)[C@@H]4O)[C@@H](O)[C@H](O[C@H]4O[C@H](CO)[C@@H](O)[C@H](O)[C@@H]4O)[C@@H]3O)[C@@H]2O)[C@@H]1O. The van der Waals surface area contributed by atoms with Crippen molar-refractivity contribution in [2.24, 2.45) is 0 Å². The number of hydrogen-bond acceptors (Lipinski definition) is 46. The molecular formula is C58H98N2O46. The van der Waals surface area contributed by atoms with E-state index in [1.54, 1.807) is 0 Å². The number of rotatable bonds is 27. The lowest BCUT2D eigenvalue weighted by Crippen LogP contribution is -2.70. The Morgan fingerprint density at radius 2 is 0.519 bits per heavy atom. The van der Waals surface area contributed by atoms with Gasteiger partial charge in [0.25, 0.3) is 0 Å². The highest BCUT2D eigenvalue weighted by Crippen LogP contribution is 2.39. The molecule has 0 bridgehead atoms. The van der Waals surface area contributed by atoms with Gasteiger partial charge in [-0.2, -0.15) is 0 Å². The maximum Gasteiger partial charge on any atom is 0.217 e. The zero-order valence-corrected chi connectivity index (χ0v) is 56.2. The normalized spacial score (nSPS) is 51.2. The minimum absolute atomic E-state index is 0.788. The van der Waals surface area contributed by atoms with Crippen LogP contribution in [0.25, 0.3) is 0 Å². The molecule has 1 unspecified atom stereocenters. The van der Waals surface area contributed by atoms with Crippen LogP contribution in [0.1, 0.15) is 13.8 Å². The molecule has 9 aliphatic rings. The van der Waals surface area contributed by atoms with Crippen LogP contribution in [0.2, 0.25) is 0 Å². The Kier molecular flexibility index (Phi) is 31.1. The first-order valence-electron chi connectivity index (χ1n) is 33.7. The third-order valence-corrected chi connectivity index (χ3v) is 19.5. The molecule has 0 radical (unpaired) electrons. The van der Waals surface area contributed by atoms with Crippen LogP contribution >= 0.6 is 0 Å². The first-order chi connectivity index (χ1) is 50.2. The predicted molar refractivity (Wildman–Crippen MR) is 320 cm³/mol. The Morgan fingerprint density at radius 1 is 0.245 bits per heavy atom. The molecular weight excluding hydrogens is 1460 g/mol. The van der Waals surface area contributed by atoms with Crippen LogP contribution in [0.3, 0.4) is 0 Å². The number of aliphatic hydroxyl groups is 27. The van der Waals surface area contributed by atoms with Gasteiger partial charge < -0.3 is 229 Å². The molecule has 0 aliphatic carbocycles. The molecule has 9 saturated heterocycles. The fourth-order valence-corrected chi connectivity index (χ4v) is 13.5. The summed E-state index contributed by atoms with van der Waals surface area (Å²) in [4.78, 5) is 25.1. The van der Waals surface area contributed by atoms with Crippen molar-refractivity contribution in [3.8, 4) is 0 Å². The Balaban J connectivity index is 1.06. The van der Waals surface area contributed by atoms with Crippen molar-refractivity contribution in [1.29, 1.82) is 0 Å². The number of hydrogen-bond donors (Lipinski definition) is 29. The van der Waals surface area contributed by atoms with E-state index in [0.29, 0.717) is 0 Å². The summed E-state index contributed by atoms with van der Waals surface area (Å²) >= 11 is 0. The number of aliphatic hydroxyl groups excluding tert-OH is 27. The first kappa shape index (κ1) is 87.2. The van der Waals surface area contributed by atoms with Crippen molar-refractivity contribution >= 4 is 11.8 Å². The van der Waals surface area contributed by atoms with Crippen molar-refractivity contribution in [3.63, 3.8) is 0 Å². The molecule has 0 aromatic carbocycles. The molecule has 9 heterocycles. The lowest BCUT2D eigenvalue weighted by molar-refractivity contribution is -0.401. The van der Waals surface area contributed by atoms with Crippen LogP contribution in [0.15, 0.2) is 0 Å². The Morgan fingerprint density at radius 3 is 0.934 bits per heavy atom. The van der Waals surface area contributed by atoms with Crippen LogP contribution in [0.5, 0.6) is 0 Å². The van der Waals surface area contributed by atoms with E-state index in [2.05, 4.69) is 10.6 Å². The number of ether oxygens (including phenoxy) is 17. The molecule has 45 atom stereocenters. The van der Waals surface area contributed by atoms with Crippen molar-refractivity contribution in [2.75, 3.05) is 59.5 Å². The van der Waals surface area contributed by atoms with Gasteiger partial charge in [-0.25, -0.2) is 0 Å². The fourth-order valence-electron chi connectivity index (χ4n) is 13.5. The molecule has 9 aliphatic heterocycles. The van der Waals surface area contributed by atoms with Gasteiger partial charge in [0, 0.05) is 13.8 Å². The van der Waals surface area contributed by atoms with Crippen molar-refractivity contribution < 1.29 is 228 Å². The van der Waals surface area contributed by atoms with Gasteiger partial charge in [-0.3, -0.25) is 9.59 Å². The minimum atomic E-state index is -2.58. The molecule has 9 rings (SSSR count). The smallest absolute Gasteiger partial charge is 0.217 e. The van der Waals surface area contributed by atoms with E-state index >= 15 is 0 Å². The lowest BCUT2D eigenvalue weighted by Gasteiger charge is -2.51. The third-order valence-electron chi connectivity index (χ3n) is 19.5. The van der Waals surface area contributed by atoms with E-state index in [4.69, 9.17) is 80.5 Å². The molecule has 48 heteroatoms. The summed E-state index contributed by atoms with van der Waals surface area (Å²) in [7, 11) is 0. The second-order valence-corrected chi connectivity index (χ2v) is 26.7. The zero-order valence-electron chi connectivity index (χ0n) is 56.2. The van der Waals surface area contributed by atoms with Gasteiger partial charge in [0.05, 0.1) is 59.5 Å². The van der Waals surface area contributed by atoms with Gasteiger partial charge in [-0.05, 0) is 0 Å². The summed E-state index contributed by atoms with van der Waals surface area (Å²) in [6, 6.07) is -3.57.